The van der Waals surface area contributed by atoms with Gasteiger partial charge in [-0.25, -0.2) is 0 Å². The number of quaternary nitrogens is 1. The highest BCUT2D eigenvalue weighted by atomic mass is 15.3. The van der Waals surface area contributed by atoms with Crippen LogP contribution in [0.3, 0.4) is 0 Å². The van der Waals surface area contributed by atoms with Crippen LogP contribution in [0, 0.1) is 0 Å². The fraction of sp³-hybridized carbons (Fsp3) is 1.00. The van der Waals surface area contributed by atoms with Gasteiger partial charge in [-0.15, -0.1) is 0 Å². The lowest BCUT2D eigenvalue weighted by molar-refractivity contribution is -0.927. The van der Waals surface area contributed by atoms with Gasteiger partial charge < -0.3 is 4.48 Å². The molecule has 0 N–H and O–H groups in total. The van der Waals surface area contributed by atoms with Crippen LogP contribution in [0.1, 0.15) is 72.6 Å². The summed E-state index contributed by atoms with van der Waals surface area (Å²) in [7, 11) is 0. The van der Waals surface area contributed by atoms with Crippen molar-refractivity contribution in [3.63, 3.8) is 0 Å². The van der Waals surface area contributed by atoms with Crippen LogP contribution in [0.25, 0.3) is 0 Å². The minimum Gasteiger partial charge on any atom is -0.324 e. The van der Waals surface area contributed by atoms with E-state index in [1.54, 1.807) is 0 Å². The van der Waals surface area contributed by atoms with Crippen LogP contribution in [0.5, 0.6) is 0 Å². The standard InChI is InChI=1S/C15H34N/c1-5-9-12-15-16(8-4,13-10-6-2)14-11-7-3/h5-15H2,1-4H3/q+1. The first-order valence-corrected chi connectivity index (χ1v) is 7.59. The third kappa shape index (κ3) is 6.52. The molecule has 98 valence electrons. The van der Waals surface area contributed by atoms with E-state index in [2.05, 4.69) is 27.7 Å². The molecule has 0 radical (unpaired) electrons. The Morgan fingerprint density at radius 1 is 0.562 bits per heavy atom. The quantitative estimate of drug-likeness (QED) is 0.358. The molecule has 0 aliphatic rings. The second kappa shape index (κ2) is 10.1. The lowest BCUT2D eigenvalue weighted by Gasteiger charge is -2.38. The Labute approximate surface area is 104 Å². The van der Waals surface area contributed by atoms with E-state index < -0.39 is 0 Å². The van der Waals surface area contributed by atoms with Crippen LogP contribution in [-0.2, 0) is 0 Å². The molecule has 1 nitrogen and oxygen atoms in total. The molecule has 0 rings (SSSR count). The molecule has 0 fully saturated rings. The summed E-state index contributed by atoms with van der Waals surface area (Å²) in [5.41, 5.74) is 0. The van der Waals surface area contributed by atoms with Crippen molar-refractivity contribution in [2.75, 3.05) is 26.2 Å². The highest BCUT2D eigenvalue weighted by Crippen LogP contribution is 2.14. The lowest BCUT2D eigenvalue weighted by Crippen LogP contribution is -2.49. The predicted molar refractivity (Wildman–Crippen MR) is 74.7 cm³/mol. The summed E-state index contributed by atoms with van der Waals surface area (Å²) >= 11 is 0. The Kier molecular flexibility index (Phi) is 10.1. The second-order valence-electron chi connectivity index (χ2n) is 5.24. The van der Waals surface area contributed by atoms with E-state index in [0.29, 0.717) is 0 Å². The van der Waals surface area contributed by atoms with Crippen LogP contribution >= 0.6 is 0 Å². The predicted octanol–water partition coefficient (Wildman–Crippen LogP) is 4.61. The summed E-state index contributed by atoms with van der Waals surface area (Å²) in [5.74, 6) is 0. The summed E-state index contributed by atoms with van der Waals surface area (Å²) in [6, 6.07) is 0. The van der Waals surface area contributed by atoms with E-state index in [1.807, 2.05) is 0 Å². The van der Waals surface area contributed by atoms with Crippen LogP contribution < -0.4 is 0 Å². The second-order valence-corrected chi connectivity index (χ2v) is 5.24. The highest BCUT2D eigenvalue weighted by Gasteiger charge is 2.23. The third-order valence-corrected chi connectivity index (χ3v) is 3.88. The topological polar surface area (TPSA) is 0 Å². The zero-order valence-corrected chi connectivity index (χ0v) is 12.2. The fourth-order valence-corrected chi connectivity index (χ4v) is 2.49. The largest absolute Gasteiger partial charge is 0.324 e. The zero-order valence-electron chi connectivity index (χ0n) is 12.2. The Morgan fingerprint density at radius 3 is 1.38 bits per heavy atom. The van der Waals surface area contributed by atoms with Gasteiger partial charge in [-0.2, -0.15) is 0 Å². The molecule has 0 spiro atoms. The van der Waals surface area contributed by atoms with Gasteiger partial charge in [0.2, 0.25) is 0 Å². The number of hydrogen-bond acceptors (Lipinski definition) is 0. The normalized spacial score (nSPS) is 12.0. The molecule has 0 saturated heterocycles. The highest BCUT2D eigenvalue weighted by molar-refractivity contribution is 4.47. The molecule has 0 aromatic carbocycles. The van der Waals surface area contributed by atoms with E-state index in [4.69, 9.17) is 0 Å². The van der Waals surface area contributed by atoms with Crippen molar-refractivity contribution in [3.05, 3.63) is 0 Å². The van der Waals surface area contributed by atoms with Crippen LogP contribution in [-0.4, -0.2) is 30.7 Å². The molecule has 16 heavy (non-hydrogen) atoms. The van der Waals surface area contributed by atoms with Gasteiger partial charge in [0.05, 0.1) is 26.2 Å². The monoisotopic (exact) mass is 228 g/mol. The molecule has 1 heteroatoms. The Morgan fingerprint density at radius 2 is 1.00 bits per heavy atom. The lowest BCUT2D eigenvalue weighted by atomic mass is 10.1. The molecule has 0 aromatic rings. The van der Waals surface area contributed by atoms with E-state index in [1.165, 1.54) is 75.6 Å². The van der Waals surface area contributed by atoms with Crippen molar-refractivity contribution in [2.24, 2.45) is 0 Å². The maximum Gasteiger partial charge on any atom is 0.0786 e. The van der Waals surface area contributed by atoms with Gasteiger partial charge in [0, 0.05) is 0 Å². The molecule has 0 saturated carbocycles. The molecule has 0 heterocycles. The van der Waals surface area contributed by atoms with Gasteiger partial charge in [-0.3, -0.25) is 0 Å². The smallest absolute Gasteiger partial charge is 0.0786 e. The maximum atomic E-state index is 2.39. The van der Waals surface area contributed by atoms with Gasteiger partial charge in [-0.05, 0) is 32.6 Å². The molecule has 0 atom stereocenters. The Bertz CT molecular complexity index is 134. The van der Waals surface area contributed by atoms with Gasteiger partial charge in [0.25, 0.3) is 0 Å². The molecule has 0 amide bonds. The molecular formula is C15H34N+. The minimum atomic E-state index is 1.34. The molecular weight excluding hydrogens is 194 g/mol. The first-order valence-electron chi connectivity index (χ1n) is 7.59. The minimum absolute atomic E-state index is 1.34. The van der Waals surface area contributed by atoms with Crippen LogP contribution in [0.4, 0.5) is 0 Å². The van der Waals surface area contributed by atoms with E-state index in [0.717, 1.165) is 0 Å². The molecule has 0 aliphatic carbocycles. The van der Waals surface area contributed by atoms with Gasteiger partial charge in [-0.1, -0.05) is 40.0 Å². The average Bonchev–Trinajstić information content (AvgIpc) is 2.32. The zero-order chi connectivity index (χ0) is 12.3. The van der Waals surface area contributed by atoms with Crippen molar-refractivity contribution >= 4 is 0 Å². The van der Waals surface area contributed by atoms with Crippen LogP contribution in [0.15, 0.2) is 0 Å². The summed E-state index contributed by atoms with van der Waals surface area (Å²) in [5, 5.41) is 0. The van der Waals surface area contributed by atoms with Crippen molar-refractivity contribution in [2.45, 2.75) is 72.6 Å². The van der Waals surface area contributed by atoms with Gasteiger partial charge >= 0.3 is 0 Å². The first kappa shape index (κ1) is 16.0. The summed E-state index contributed by atoms with van der Waals surface area (Å²) < 4.78 is 1.39. The molecule has 0 aromatic heterocycles. The first-order chi connectivity index (χ1) is 7.74. The number of nitrogens with zero attached hydrogens (tertiary/aromatic N) is 1. The van der Waals surface area contributed by atoms with E-state index in [-0.39, 0.29) is 0 Å². The van der Waals surface area contributed by atoms with Crippen LogP contribution in [0.2, 0.25) is 0 Å². The Hall–Kier alpha value is -0.0400. The number of unbranched alkanes of at least 4 members (excludes halogenated alkanes) is 4. The van der Waals surface area contributed by atoms with Crippen molar-refractivity contribution < 1.29 is 4.48 Å². The number of rotatable bonds is 11. The van der Waals surface area contributed by atoms with Crippen molar-refractivity contribution in [1.82, 2.24) is 0 Å². The average molecular weight is 228 g/mol. The number of hydrogen-bond donors (Lipinski definition) is 0. The SMILES string of the molecule is CCCCC[N+](CC)(CCCC)CCCC. The van der Waals surface area contributed by atoms with E-state index in [9.17, 15) is 0 Å². The summed E-state index contributed by atoms with van der Waals surface area (Å²) in [6.45, 7) is 14.9. The van der Waals surface area contributed by atoms with E-state index >= 15 is 0 Å². The summed E-state index contributed by atoms with van der Waals surface area (Å²) in [6.07, 6.45) is 9.70. The van der Waals surface area contributed by atoms with Gasteiger partial charge in [0.15, 0.2) is 0 Å². The summed E-state index contributed by atoms with van der Waals surface area (Å²) in [4.78, 5) is 0. The maximum absolute atomic E-state index is 2.39. The van der Waals surface area contributed by atoms with Crippen molar-refractivity contribution in [3.8, 4) is 0 Å². The van der Waals surface area contributed by atoms with Crippen molar-refractivity contribution in [1.29, 1.82) is 0 Å². The molecule has 0 bridgehead atoms. The fourth-order valence-electron chi connectivity index (χ4n) is 2.49. The van der Waals surface area contributed by atoms with Gasteiger partial charge in [0.1, 0.15) is 0 Å². The third-order valence-electron chi connectivity index (χ3n) is 3.88. The molecule has 0 unspecified atom stereocenters. The Balaban J connectivity index is 4.16. The molecule has 0 aliphatic heterocycles.